The van der Waals surface area contributed by atoms with Gasteiger partial charge in [0.15, 0.2) is 17.3 Å². The summed E-state index contributed by atoms with van der Waals surface area (Å²) in [6, 6.07) is 69.5. The minimum absolute atomic E-state index is 0.160. The standard InChI is InChI=1S/C53H35N7/c54-50(34-16-4-1-5-17-34)55-51(35-18-6-2-7-19-35)57-60-48-31-29-37(36-28-30-47-43(32-36)41-24-13-14-26-45(41)58(47)38-20-8-3-9-21-38)33-44(48)49-53(60)56-52-42-25-11-10-22-39(42)40-23-12-15-27-46(40)59(49)52/h1-33H,(H2,54,55,57). The van der Waals surface area contributed by atoms with E-state index < -0.39 is 0 Å². The van der Waals surface area contributed by atoms with Gasteiger partial charge in [-0.1, -0.05) is 152 Å². The zero-order valence-corrected chi connectivity index (χ0v) is 32.3. The van der Waals surface area contributed by atoms with Crippen molar-refractivity contribution in [3.8, 4) is 16.8 Å². The lowest BCUT2D eigenvalue weighted by atomic mass is 10.0. The molecule has 7 heteroatoms. The van der Waals surface area contributed by atoms with Gasteiger partial charge in [0, 0.05) is 43.7 Å². The Morgan fingerprint density at radius 3 is 1.70 bits per heavy atom. The summed E-state index contributed by atoms with van der Waals surface area (Å²) in [5.41, 5.74) is 15.6. The van der Waals surface area contributed by atoms with Crippen LogP contribution < -0.4 is 5.43 Å². The third-order valence-corrected chi connectivity index (χ3v) is 11.7. The molecule has 2 N–H and O–H groups in total. The summed E-state index contributed by atoms with van der Waals surface area (Å²) in [6.45, 7) is 0. The molecule has 7 nitrogen and oxygen atoms in total. The van der Waals surface area contributed by atoms with Crippen LogP contribution in [0.1, 0.15) is 11.1 Å². The normalized spacial score (nSPS) is 12.2. The summed E-state index contributed by atoms with van der Waals surface area (Å²) >= 11 is 0. The first-order valence-electron chi connectivity index (χ1n) is 20.1. The number of imidazole rings is 1. The predicted octanol–water partition coefficient (Wildman–Crippen LogP) is 12.5. The van der Waals surface area contributed by atoms with Crippen LogP contribution in [-0.2, 0) is 0 Å². The lowest BCUT2D eigenvalue weighted by Crippen LogP contribution is -2.25. The molecule has 0 saturated heterocycles. The summed E-state index contributed by atoms with van der Waals surface area (Å²) in [5.74, 6) is 0.701. The van der Waals surface area contributed by atoms with Gasteiger partial charge in [-0.2, -0.15) is 0 Å². The van der Waals surface area contributed by atoms with Crippen molar-refractivity contribution in [3.63, 3.8) is 0 Å². The number of amidine groups is 2. The zero-order valence-electron chi connectivity index (χ0n) is 32.3. The monoisotopic (exact) mass is 769 g/mol. The molecular formula is C53H35N7. The second kappa shape index (κ2) is 13.4. The number of benzene rings is 8. The van der Waals surface area contributed by atoms with Crippen molar-refractivity contribution in [2.45, 2.75) is 0 Å². The molecule has 0 fully saturated rings. The van der Waals surface area contributed by atoms with Gasteiger partial charge in [-0.05, 0) is 65.0 Å². The Morgan fingerprint density at radius 2 is 0.983 bits per heavy atom. The Bertz CT molecular complexity index is 3690. The summed E-state index contributed by atoms with van der Waals surface area (Å²) in [7, 11) is 0. The first-order chi connectivity index (χ1) is 29.7. The van der Waals surface area contributed by atoms with E-state index in [2.05, 4.69) is 154 Å². The smallest absolute Gasteiger partial charge is 0.179 e. The van der Waals surface area contributed by atoms with Gasteiger partial charge in [-0.3, -0.25) is 15.2 Å². The fourth-order valence-corrected chi connectivity index (χ4v) is 8.99. The van der Waals surface area contributed by atoms with Gasteiger partial charge in [0.05, 0.1) is 22.1 Å². The van der Waals surface area contributed by atoms with Gasteiger partial charge in [0.2, 0.25) is 0 Å². The van der Waals surface area contributed by atoms with E-state index in [4.69, 9.17) is 15.4 Å². The third-order valence-electron chi connectivity index (χ3n) is 11.7. The van der Waals surface area contributed by atoms with Gasteiger partial charge < -0.3 is 4.57 Å². The van der Waals surface area contributed by atoms with Gasteiger partial charge in [-0.25, -0.2) is 14.7 Å². The number of pyridine rings is 1. The van der Waals surface area contributed by atoms with E-state index in [0.29, 0.717) is 5.84 Å². The number of aromatic nitrogens is 4. The highest BCUT2D eigenvalue weighted by atomic mass is 15.5. The van der Waals surface area contributed by atoms with E-state index >= 15 is 0 Å². The summed E-state index contributed by atoms with van der Waals surface area (Å²) in [4.78, 5) is 10.4. The first kappa shape index (κ1) is 33.8. The van der Waals surface area contributed by atoms with Crippen LogP contribution in [-0.4, -0.2) is 30.3 Å². The van der Waals surface area contributed by atoms with Gasteiger partial charge in [0.1, 0.15) is 11.2 Å². The lowest BCUT2D eigenvalue weighted by molar-refractivity contribution is 1.06. The van der Waals surface area contributed by atoms with Crippen LogP contribution in [0.2, 0.25) is 0 Å². The van der Waals surface area contributed by atoms with Crippen LogP contribution in [0, 0.1) is 5.41 Å². The third kappa shape index (κ3) is 5.19. The number of aliphatic imine (C=N–C) groups is 1. The van der Waals surface area contributed by atoms with Crippen LogP contribution >= 0.6 is 0 Å². The Balaban J connectivity index is 1.12. The van der Waals surface area contributed by atoms with Crippen LogP contribution in [0.3, 0.4) is 0 Å². The largest absolute Gasteiger partial charge is 0.309 e. The fraction of sp³-hybridized carbons (Fsp3) is 0. The zero-order chi connectivity index (χ0) is 39.7. The van der Waals surface area contributed by atoms with Crippen molar-refractivity contribution in [1.82, 2.24) is 18.6 Å². The molecule has 12 aromatic rings. The average molecular weight is 770 g/mol. The van der Waals surface area contributed by atoms with E-state index in [1.54, 1.807) is 0 Å². The van der Waals surface area contributed by atoms with Gasteiger partial charge in [-0.15, -0.1) is 0 Å². The number of hydrogen-bond acceptors (Lipinski definition) is 2. The predicted molar refractivity (Wildman–Crippen MR) is 249 cm³/mol. The Kier molecular flexibility index (Phi) is 7.55. The SMILES string of the molecule is N=C(N=C(Nn1c2ccc(-c3ccc4c(c3)c3ccccc3n4-c3ccccc3)cc2c2c1nc1c3ccccc3c3ccccc3n12)c1ccccc1)c1ccccc1. The molecule has 12 rings (SSSR count). The topological polar surface area (TPSA) is 75.4 Å². The number of nitrogens with one attached hydrogen (secondary N) is 2. The van der Waals surface area contributed by atoms with Gasteiger partial charge >= 0.3 is 0 Å². The van der Waals surface area contributed by atoms with E-state index in [0.717, 1.165) is 77.3 Å². The van der Waals surface area contributed by atoms with E-state index in [-0.39, 0.29) is 5.84 Å². The molecule has 0 aliphatic heterocycles. The molecule has 0 aliphatic carbocycles. The Hall–Kier alpha value is -8.29. The van der Waals surface area contributed by atoms with Gasteiger partial charge in [0.25, 0.3) is 0 Å². The molecule has 8 aromatic carbocycles. The highest BCUT2D eigenvalue weighted by Crippen LogP contribution is 2.39. The maximum Gasteiger partial charge on any atom is 0.179 e. The van der Waals surface area contributed by atoms with Crippen molar-refractivity contribution < 1.29 is 0 Å². The Labute approximate surface area is 344 Å². The number of rotatable bonds is 5. The first-order valence-corrected chi connectivity index (χ1v) is 20.1. The minimum Gasteiger partial charge on any atom is -0.309 e. The second-order valence-electron chi connectivity index (χ2n) is 15.1. The van der Waals surface area contributed by atoms with Crippen LogP contribution in [0.25, 0.3) is 88.0 Å². The molecule has 0 radical (unpaired) electrons. The number of hydrogen-bond donors (Lipinski definition) is 2. The summed E-state index contributed by atoms with van der Waals surface area (Å²) < 4.78 is 6.72. The molecule has 4 aromatic heterocycles. The number of nitrogens with zero attached hydrogens (tertiary/aromatic N) is 5. The molecule has 0 amide bonds. The van der Waals surface area contributed by atoms with Crippen molar-refractivity contribution in [2.24, 2.45) is 4.99 Å². The maximum atomic E-state index is 9.06. The molecule has 282 valence electrons. The van der Waals surface area contributed by atoms with Crippen LogP contribution in [0.4, 0.5) is 0 Å². The molecule has 0 aliphatic rings. The molecule has 0 unspecified atom stereocenters. The average Bonchev–Trinajstić information content (AvgIpc) is 3.97. The molecule has 60 heavy (non-hydrogen) atoms. The molecule has 0 bridgehead atoms. The van der Waals surface area contributed by atoms with E-state index in [1.807, 2.05) is 65.3 Å². The van der Waals surface area contributed by atoms with Crippen molar-refractivity contribution in [3.05, 3.63) is 211 Å². The number of para-hydroxylation sites is 3. The van der Waals surface area contributed by atoms with Crippen molar-refractivity contribution >= 4 is 82.9 Å². The highest BCUT2D eigenvalue weighted by Gasteiger charge is 2.23. The quantitative estimate of drug-likeness (QED) is 0.104. The molecular weight excluding hydrogens is 735 g/mol. The minimum atomic E-state index is 0.160. The Morgan fingerprint density at radius 1 is 0.450 bits per heavy atom. The second-order valence-corrected chi connectivity index (χ2v) is 15.1. The van der Waals surface area contributed by atoms with E-state index in [9.17, 15) is 0 Å². The van der Waals surface area contributed by atoms with Crippen molar-refractivity contribution in [2.75, 3.05) is 5.43 Å². The van der Waals surface area contributed by atoms with Crippen LogP contribution in [0.5, 0.6) is 0 Å². The lowest BCUT2D eigenvalue weighted by Gasteiger charge is -2.14. The summed E-state index contributed by atoms with van der Waals surface area (Å²) in [6.07, 6.45) is 0. The van der Waals surface area contributed by atoms with Crippen LogP contribution in [0.15, 0.2) is 205 Å². The number of fused-ring (bicyclic) bond motifs is 13. The fourth-order valence-electron chi connectivity index (χ4n) is 8.99. The molecule has 0 saturated carbocycles. The molecule has 0 spiro atoms. The molecule has 0 atom stereocenters. The highest BCUT2D eigenvalue weighted by molar-refractivity contribution is 6.19. The summed E-state index contributed by atoms with van der Waals surface area (Å²) in [5, 5.41) is 15.9. The van der Waals surface area contributed by atoms with Crippen molar-refractivity contribution in [1.29, 1.82) is 5.41 Å². The molecule has 4 heterocycles. The maximum absolute atomic E-state index is 9.06. The van der Waals surface area contributed by atoms with E-state index in [1.165, 1.54) is 21.8 Å².